The maximum atomic E-state index is 12.8. The van der Waals surface area contributed by atoms with E-state index in [4.69, 9.17) is 20.9 Å². The van der Waals surface area contributed by atoms with Gasteiger partial charge in [0, 0.05) is 44.8 Å². The van der Waals surface area contributed by atoms with Crippen molar-refractivity contribution in [1.29, 1.82) is 0 Å². The van der Waals surface area contributed by atoms with Crippen LogP contribution in [-0.2, 0) is 14.9 Å². The number of anilines is 1. The fourth-order valence-corrected chi connectivity index (χ4v) is 4.24. The SMILES string of the molecule is CN1CCN(C(=O)O[C@H]2c3nccnc3C(=O)N2c2ccc(Cl)cn2)CC1.O=S(=O)(O)c1ccccc1. The highest BCUT2D eigenvalue weighted by Gasteiger charge is 2.44. The van der Waals surface area contributed by atoms with Gasteiger partial charge in [0.05, 0.1) is 9.92 Å². The van der Waals surface area contributed by atoms with Gasteiger partial charge in [0.15, 0.2) is 5.69 Å². The lowest BCUT2D eigenvalue weighted by Crippen LogP contribution is -2.48. The molecule has 12 nitrogen and oxygen atoms in total. The topological polar surface area (TPSA) is 146 Å². The number of likely N-dealkylation sites (N-methyl/N-ethyl adjacent to an activating group) is 1. The molecule has 1 N–H and O–H groups in total. The fraction of sp³-hybridized carbons (Fsp3) is 0.261. The standard InChI is InChI=1S/C17H17ClN6O3.C6H6O3S/c1-22-6-8-23(9-7-22)17(26)27-16-14-13(19-4-5-20-14)15(25)24(16)12-3-2-11(18)10-21-12;7-10(8,9)6-4-2-1-3-5-6/h2-5,10,16H,6-9H2,1H3;1-5H,(H,7,8,9)/t16-;/m0./s1. The van der Waals surface area contributed by atoms with E-state index in [1.165, 1.54) is 35.6 Å². The van der Waals surface area contributed by atoms with E-state index < -0.39 is 28.3 Å². The summed E-state index contributed by atoms with van der Waals surface area (Å²) in [6.45, 7) is 2.64. The fourth-order valence-electron chi connectivity index (χ4n) is 3.63. The predicted molar refractivity (Wildman–Crippen MR) is 133 cm³/mol. The van der Waals surface area contributed by atoms with Gasteiger partial charge in [0.2, 0.25) is 6.23 Å². The van der Waals surface area contributed by atoms with Crippen molar-refractivity contribution in [2.75, 3.05) is 38.1 Å². The Hall–Kier alpha value is -3.65. The number of nitrogens with zero attached hydrogens (tertiary/aromatic N) is 6. The second kappa shape index (κ2) is 11.2. The van der Waals surface area contributed by atoms with Crippen molar-refractivity contribution in [3.05, 3.63) is 77.5 Å². The van der Waals surface area contributed by atoms with Crippen LogP contribution in [0.5, 0.6) is 0 Å². The number of pyridine rings is 1. The molecule has 2 aromatic heterocycles. The van der Waals surface area contributed by atoms with Crippen LogP contribution in [0.3, 0.4) is 0 Å². The van der Waals surface area contributed by atoms with Gasteiger partial charge in [-0.3, -0.25) is 14.3 Å². The summed E-state index contributed by atoms with van der Waals surface area (Å²) in [6, 6.07) is 10.6. The molecule has 2 amide bonds. The molecule has 0 bridgehead atoms. The molecule has 4 heterocycles. The monoisotopic (exact) mass is 546 g/mol. The van der Waals surface area contributed by atoms with Crippen molar-refractivity contribution in [3.63, 3.8) is 0 Å². The third-order valence-corrected chi connectivity index (χ3v) is 6.68. The van der Waals surface area contributed by atoms with E-state index in [1.807, 2.05) is 7.05 Å². The zero-order valence-electron chi connectivity index (χ0n) is 19.6. The third kappa shape index (κ3) is 6.20. The highest BCUT2D eigenvalue weighted by molar-refractivity contribution is 7.85. The van der Waals surface area contributed by atoms with E-state index in [9.17, 15) is 18.0 Å². The van der Waals surface area contributed by atoms with Gasteiger partial charge < -0.3 is 14.5 Å². The number of amides is 2. The second-order valence-electron chi connectivity index (χ2n) is 8.11. The molecule has 14 heteroatoms. The lowest BCUT2D eigenvalue weighted by atomic mass is 10.3. The first-order valence-corrected chi connectivity index (χ1v) is 12.9. The maximum Gasteiger partial charge on any atom is 0.412 e. The molecule has 3 aromatic rings. The summed E-state index contributed by atoms with van der Waals surface area (Å²) in [5.41, 5.74) is 0.437. The van der Waals surface area contributed by atoms with Crippen LogP contribution in [-0.4, -0.2) is 82.9 Å². The van der Waals surface area contributed by atoms with E-state index in [-0.39, 0.29) is 10.6 Å². The van der Waals surface area contributed by atoms with Gasteiger partial charge in [0.25, 0.3) is 16.0 Å². The van der Waals surface area contributed by atoms with Gasteiger partial charge in [-0.25, -0.2) is 19.7 Å². The van der Waals surface area contributed by atoms with Gasteiger partial charge in [-0.05, 0) is 31.3 Å². The first kappa shape index (κ1) is 26.4. The van der Waals surface area contributed by atoms with Gasteiger partial charge in [0.1, 0.15) is 11.5 Å². The Morgan fingerprint density at radius 3 is 2.30 bits per heavy atom. The number of carbonyl (C=O) groups is 2. The number of carbonyl (C=O) groups excluding carboxylic acids is 2. The number of fused-ring (bicyclic) bond motifs is 1. The number of ether oxygens (including phenoxy) is 1. The van der Waals surface area contributed by atoms with Gasteiger partial charge in [-0.15, -0.1) is 0 Å². The van der Waals surface area contributed by atoms with E-state index in [0.29, 0.717) is 29.6 Å². The molecule has 0 aliphatic carbocycles. The van der Waals surface area contributed by atoms with E-state index >= 15 is 0 Å². The van der Waals surface area contributed by atoms with Crippen LogP contribution in [0, 0.1) is 0 Å². The summed E-state index contributed by atoms with van der Waals surface area (Å²) in [7, 11) is -2.00. The van der Waals surface area contributed by atoms with Gasteiger partial charge in [-0.2, -0.15) is 8.42 Å². The Labute approximate surface area is 218 Å². The Balaban J connectivity index is 0.000000270. The highest BCUT2D eigenvalue weighted by Crippen LogP contribution is 2.35. The molecule has 1 saturated heterocycles. The maximum absolute atomic E-state index is 12.8. The molecule has 0 saturated carbocycles. The molecule has 2 aliphatic heterocycles. The Morgan fingerprint density at radius 2 is 1.70 bits per heavy atom. The lowest BCUT2D eigenvalue weighted by Gasteiger charge is -2.33. The number of rotatable bonds is 3. The van der Waals surface area contributed by atoms with E-state index in [0.717, 1.165) is 13.1 Å². The van der Waals surface area contributed by atoms with Crippen LogP contribution in [0.4, 0.5) is 10.6 Å². The van der Waals surface area contributed by atoms with Crippen molar-refractivity contribution >= 4 is 39.5 Å². The van der Waals surface area contributed by atoms with Crippen molar-refractivity contribution in [3.8, 4) is 0 Å². The summed E-state index contributed by atoms with van der Waals surface area (Å²) in [5.74, 6) is -0.121. The van der Waals surface area contributed by atoms with Crippen LogP contribution in [0.2, 0.25) is 5.02 Å². The summed E-state index contributed by atoms with van der Waals surface area (Å²) < 4.78 is 34.9. The van der Waals surface area contributed by atoms with Crippen LogP contribution in [0.15, 0.2) is 66.0 Å². The minimum Gasteiger partial charge on any atom is -0.419 e. The van der Waals surface area contributed by atoms with Crippen molar-refractivity contribution in [1.82, 2.24) is 24.8 Å². The van der Waals surface area contributed by atoms with Crippen LogP contribution >= 0.6 is 11.6 Å². The quantitative estimate of drug-likeness (QED) is 0.486. The smallest absolute Gasteiger partial charge is 0.412 e. The average Bonchev–Trinajstić information content (AvgIpc) is 3.17. The normalized spacial score (nSPS) is 17.6. The minimum absolute atomic E-state index is 0.0741. The molecule has 2 aliphatic rings. The molecule has 1 atom stereocenters. The van der Waals surface area contributed by atoms with Crippen molar-refractivity contribution in [2.45, 2.75) is 11.1 Å². The average molecular weight is 547 g/mol. The zero-order chi connectivity index (χ0) is 26.6. The van der Waals surface area contributed by atoms with Crippen molar-refractivity contribution in [2.24, 2.45) is 0 Å². The predicted octanol–water partition coefficient (Wildman–Crippen LogP) is 2.50. The number of aromatic nitrogens is 3. The number of benzene rings is 1. The van der Waals surface area contributed by atoms with Crippen LogP contribution in [0.1, 0.15) is 22.4 Å². The summed E-state index contributed by atoms with van der Waals surface area (Å²) in [5, 5.41) is 0.435. The molecular formula is C23H23ClN6O6S. The molecule has 37 heavy (non-hydrogen) atoms. The van der Waals surface area contributed by atoms with Crippen LogP contribution < -0.4 is 4.90 Å². The van der Waals surface area contributed by atoms with E-state index in [2.05, 4.69) is 19.9 Å². The lowest BCUT2D eigenvalue weighted by molar-refractivity contribution is 0.0476. The van der Waals surface area contributed by atoms with Crippen molar-refractivity contribution < 1.29 is 27.3 Å². The largest absolute Gasteiger partial charge is 0.419 e. The van der Waals surface area contributed by atoms with Crippen LogP contribution in [0.25, 0.3) is 0 Å². The number of halogens is 1. The molecular weight excluding hydrogens is 524 g/mol. The second-order valence-corrected chi connectivity index (χ2v) is 9.97. The first-order valence-electron chi connectivity index (χ1n) is 11.1. The summed E-state index contributed by atoms with van der Waals surface area (Å²) >= 11 is 5.89. The highest BCUT2D eigenvalue weighted by atomic mass is 35.5. The molecule has 5 rings (SSSR count). The molecule has 1 aromatic carbocycles. The molecule has 0 unspecified atom stereocenters. The Bertz CT molecular complexity index is 1370. The van der Waals surface area contributed by atoms with Gasteiger partial charge >= 0.3 is 6.09 Å². The summed E-state index contributed by atoms with van der Waals surface area (Å²) in [4.78, 5) is 42.9. The molecule has 0 spiro atoms. The first-order chi connectivity index (χ1) is 17.6. The zero-order valence-corrected chi connectivity index (χ0v) is 21.2. The Kier molecular flexibility index (Phi) is 7.97. The Morgan fingerprint density at radius 1 is 1.03 bits per heavy atom. The number of piperazine rings is 1. The third-order valence-electron chi connectivity index (χ3n) is 5.59. The molecule has 0 radical (unpaired) electrons. The molecule has 194 valence electrons. The number of hydrogen-bond acceptors (Lipinski definition) is 9. The van der Waals surface area contributed by atoms with Gasteiger partial charge in [-0.1, -0.05) is 29.8 Å². The summed E-state index contributed by atoms with van der Waals surface area (Å²) in [6.07, 6.45) is 2.78. The minimum atomic E-state index is -4.00. The molecule has 1 fully saturated rings. The number of hydrogen-bond donors (Lipinski definition) is 1. The van der Waals surface area contributed by atoms with E-state index in [1.54, 1.807) is 35.2 Å².